The summed E-state index contributed by atoms with van der Waals surface area (Å²) in [5.74, 6) is -0.311. The van der Waals surface area contributed by atoms with Gasteiger partial charge in [-0.05, 0) is 49.8 Å². The maximum absolute atomic E-state index is 12.4. The van der Waals surface area contributed by atoms with Crippen LogP contribution in [0.3, 0.4) is 0 Å². The van der Waals surface area contributed by atoms with Gasteiger partial charge in [0.15, 0.2) is 0 Å². The van der Waals surface area contributed by atoms with Gasteiger partial charge in [-0.15, -0.1) is 0 Å². The first-order chi connectivity index (χ1) is 20.2. The summed E-state index contributed by atoms with van der Waals surface area (Å²) >= 11 is 0. The Kier molecular flexibility index (Phi) is 7.67. The summed E-state index contributed by atoms with van der Waals surface area (Å²) < 4.78 is 16.6. The zero-order chi connectivity index (χ0) is 29.8. The van der Waals surface area contributed by atoms with Gasteiger partial charge in [-0.2, -0.15) is 0 Å². The lowest BCUT2D eigenvalue weighted by Crippen LogP contribution is -2.48. The number of carbonyl (C=O) groups is 2. The van der Waals surface area contributed by atoms with Crippen LogP contribution < -0.4 is 15.0 Å². The van der Waals surface area contributed by atoms with E-state index in [1.807, 2.05) is 48.5 Å². The number of morpholine rings is 1. The van der Waals surface area contributed by atoms with Crippen LogP contribution in [0.2, 0.25) is 0 Å². The van der Waals surface area contributed by atoms with E-state index < -0.39 is 12.0 Å². The number of aliphatic hydroxyl groups is 1. The number of hydrogen-bond acceptors (Lipinski definition) is 9. The molecule has 2 bridgehead atoms. The molecule has 2 aromatic carbocycles. The minimum Gasteiger partial charge on any atom is -0.462 e. The van der Waals surface area contributed by atoms with Gasteiger partial charge in [-0.1, -0.05) is 37.3 Å². The van der Waals surface area contributed by atoms with Gasteiger partial charge in [0.25, 0.3) is 0 Å². The highest BCUT2D eigenvalue weighted by molar-refractivity contribution is 5.78. The van der Waals surface area contributed by atoms with Crippen molar-refractivity contribution in [2.24, 2.45) is 0 Å². The number of nitrogens with zero attached hydrogens (tertiary/aromatic N) is 3. The standard InChI is InChI=1S/C17H21NO4.C15H21N3O2/c1-18-13-7-11(8-14(18)16-15(13)22-16)21-17(20)12(9-19)10-5-3-2-4-6-10;1-15-7-8-17(3)13(15)18(4)12-6-5-10(9-11(12)15)20-14(19)16-2/h2-6,11-16,19H,7-9H2,1H3;5-6,9,13H,7-8H2,1-4H3,(H,16,19)/t11?,12-,13?,14?,15-,16+;13-,15+/m11/s1. The summed E-state index contributed by atoms with van der Waals surface area (Å²) in [5, 5.41) is 12.0. The molecule has 42 heavy (non-hydrogen) atoms. The molecule has 0 radical (unpaired) electrons. The molecule has 5 heterocycles. The summed E-state index contributed by atoms with van der Waals surface area (Å²) in [5.41, 5.74) is 3.40. The van der Waals surface area contributed by atoms with E-state index in [1.165, 1.54) is 11.3 Å². The third-order valence-electron chi connectivity index (χ3n) is 10.0. The van der Waals surface area contributed by atoms with Crippen molar-refractivity contribution < 1.29 is 28.9 Å². The van der Waals surface area contributed by atoms with E-state index in [0.29, 0.717) is 36.2 Å². The van der Waals surface area contributed by atoms with E-state index in [-0.39, 0.29) is 24.1 Å². The van der Waals surface area contributed by atoms with Crippen LogP contribution in [-0.2, 0) is 19.7 Å². The van der Waals surface area contributed by atoms with Crippen molar-refractivity contribution in [1.82, 2.24) is 15.1 Å². The molecular formula is C32H42N4O6. The summed E-state index contributed by atoms with van der Waals surface area (Å²) in [6, 6.07) is 16.0. The number of likely N-dealkylation sites (tertiary alicyclic amines) is 1. The van der Waals surface area contributed by atoms with Crippen LogP contribution in [0, 0.1) is 0 Å². The first kappa shape index (κ1) is 28.9. The summed E-state index contributed by atoms with van der Waals surface area (Å²) in [6.07, 6.45) is 3.33. The molecular weight excluding hydrogens is 536 g/mol. The predicted octanol–water partition coefficient (Wildman–Crippen LogP) is 2.69. The number of nitrogens with one attached hydrogen (secondary N) is 1. The molecule has 1 amide bonds. The van der Waals surface area contributed by atoms with Crippen LogP contribution in [0.4, 0.5) is 10.5 Å². The SMILES string of the molecule is CN1C2CC(OC(=O)[C@H](CO)c3ccccc3)CC1[C@@H]1O[C@H]21.CNC(=O)Oc1ccc2c(c1)[C@]1(C)CCN(C)[C@@H]1N2C. The van der Waals surface area contributed by atoms with Crippen molar-refractivity contribution in [1.29, 1.82) is 0 Å². The molecule has 8 atom stereocenters. The van der Waals surface area contributed by atoms with Gasteiger partial charge in [0.2, 0.25) is 0 Å². The van der Waals surface area contributed by atoms with Crippen molar-refractivity contribution in [3.8, 4) is 5.75 Å². The Labute approximate surface area is 247 Å². The molecule has 4 saturated heterocycles. The number of hydrogen-bond donors (Lipinski definition) is 2. The highest BCUT2D eigenvalue weighted by Gasteiger charge is 2.63. The van der Waals surface area contributed by atoms with Crippen LogP contribution in [0.25, 0.3) is 0 Å². The third-order valence-corrected chi connectivity index (χ3v) is 10.0. The van der Waals surface area contributed by atoms with Gasteiger partial charge in [0.1, 0.15) is 30.0 Å². The maximum Gasteiger partial charge on any atom is 0.412 e. The summed E-state index contributed by atoms with van der Waals surface area (Å²) in [6.45, 7) is 3.16. The van der Waals surface area contributed by atoms with E-state index in [9.17, 15) is 14.7 Å². The molecule has 10 nitrogen and oxygen atoms in total. The lowest BCUT2D eigenvalue weighted by Gasteiger charge is -2.38. The fourth-order valence-corrected chi connectivity index (χ4v) is 7.82. The third kappa shape index (κ3) is 4.94. The molecule has 5 aliphatic rings. The Morgan fingerprint density at radius 2 is 1.79 bits per heavy atom. The average molecular weight is 579 g/mol. The number of piperidine rings is 1. The van der Waals surface area contributed by atoms with Gasteiger partial charge in [-0.3, -0.25) is 14.6 Å². The minimum atomic E-state index is -0.593. The molecule has 10 heteroatoms. The predicted molar refractivity (Wildman–Crippen MR) is 158 cm³/mol. The van der Waals surface area contributed by atoms with E-state index in [2.05, 4.69) is 48.1 Å². The van der Waals surface area contributed by atoms with Gasteiger partial charge in [0.05, 0.1) is 12.8 Å². The molecule has 4 fully saturated rings. The van der Waals surface area contributed by atoms with Gasteiger partial charge in [0, 0.05) is 56.7 Å². The van der Waals surface area contributed by atoms with E-state index >= 15 is 0 Å². The monoisotopic (exact) mass is 578 g/mol. The second-order valence-corrected chi connectivity index (χ2v) is 12.5. The van der Waals surface area contributed by atoms with Crippen LogP contribution in [-0.4, -0.2) is 105 Å². The molecule has 0 aliphatic carbocycles. The first-order valence-electron chi connectivity index (χ1n) is 14.9. The summed E-state index contributed by atoms with van der Waals surface area (Å²) in [4.78, 5) is 30.9. The number of amides is 1. The fourth-order valence-electron chi connectivity index (χ4n) is 7.82. The van der Waals surface area contributed by atoms with Crippen LogP contribution in [0.15, 0.2) is 48.5 Å². The molecule has 2 aromatic rings. The van der Waals surface area contributed by atoms with E-state index in [4.69, 9.17) is 14.2 Å². The van der Waals surface area contributed by atoms with Crippen LogP contribution in [0.1, 0.15) is 43.2 Å². The smallest absolute Gasteiger partial charge is 0.412 e. The maximum atomic E-state index is 12.4. The second-order valence-electron chi connectivity index (χ2n) is 12.5. The number of carbonyl (C=O) groups excluding carboxylic acids is 2. The van der Waals surface area contributed by atoms with Gasteiger partial charge in [-0.25, -0.2) is 4.79 Å². The van der Waals surface area contributed by atoms with Crippen molar-refractivity contribution in [3.05, 3.63) is 59.7 Å². The van der Waals surface area contributed by atoms with Crippen molar-refractivity contribution in [2.75, 3.05) is 46.2 Å². The molecule has 0 spiro atoms. The number of likely N-dealkylation sites (N-methyl/N-ethyl adjacent to an activating group) is 3. The zero-order valence-corrected chi connectivity index (χ0v) is 25.0. The molecule has 0 aromatic heterocycles. The van der Waals surface area contributed by atoms with Crippen LogP contribution >= 0.6 is 0 Å². The average Bonchev–Trinajstić information content (AvgIpc) is 3.63. The number of esters is 1. The zero-order valence-electron chi connectivity index (χ0n) is 25.0. The Balaban J connectivity index is 0.000000151. The Morgan fingerprint density at radius 3 is 2.43 bits per heavy atom. The lowest BCUT2D eigenvalue weighted by atomic mass is 9.81. The number of epoxide rings is 1. The Morgan fingerprint density at radius 1 is 1.10 bits per heavy atom. The molecule has 7 rings (SSSR count). The number of ether oxygens (including phenoxy) is 3. The minimum absolute atomic E-state index is 0.0622. The highest BCUT2D eigenvalue weighted by Crippen LogP contribution is 2.52. The number of benzene rings is 2. The number of anilines is 1. The Bertz CT molecular complexity index is 1310. The normalized spacial score (nSPS) is 33.0. The van der Waals surface area contributed by atoms with Crippen molar-refractivity contribution in [2.45, 2.75) is 74.1 Å². The van der Waals surface area contributed by atoms with Crippen molar-refractivity contribution >= 4 is 17.7 Å². The Hall–Kier alpha value is -3.18. The number of fused-ring (bicyclic) bond motifs is 8. The molecule has 3 unspecified atom stereocenters. The topological polar surface area (TPSA) is 107 Å². The fraction of sp³-hybridized carbons (Fsp3) is 0.562. The van der Waals surface area contributed by atoms with E-state index in [1.54, 1.807) is 7.05 Å². The van der Waals surface area contributed by atoms with Crippen molar-refractivity contribution in [3.63, 3.8) is 0 Å². The first-order valence-corrected chi connectivity index (χ1v) is 14.9. The number of aliphatic hydroxyl groups excluding tert-OH is 1. The highest BCUT2D eigenvalue weighted by atomic mass is 16.6. The van der Waals surface area contributed by atoms with Gasteiger partial charge < -0.3 is 29.5 Å². The quantitative estimate of drug-likeness (QED) is 0.409. The second kappa shape index (κ2) is 11.1. The van der Waals surface area contributed by atoms with Gasteiger partial charge >= 0.3 is 12.1 Å². The lowest BCUT2D eigenvalue weighted by molar-refractivity contribution is -0.156. The van der Waals surface area contributed by atoms with E-state index in [0.717, 1.165) is 31.4 Å². The molecule has 2 N–H and O–H groups in total. The molecule has 0 saturated carbocycles. The van der Waals surface area contributed by atoms with Crippen LogP contribution in [0.5, 0.6) is 5.75 Å². The summed E-state index contributed by atoms with van der Waals surface area (Å²) in [7, 11) is 7.99. The largest absolute Gasteiger partial charge is 0.462 e. The molecule has 226 valence electrons. The number of rotatable bonds is 5. The molecule has 5 aliphatic heterocycles.